The van der Waals surface area contributed by atoms with Crippen molar-refractivity contribution >= 4 is 5.91 Å². The van der Waals surface area contributed by atoms with E-state index in [1.807, 2.05) is 17.9 Å². The fraction of sp³-hybridized carbons (Fsp3) is 0.810. The van der Waals surface area contributed by atoms with Crippen LogP contribution in [0.15, 0.2) is 6.07 Å². The molecule has 4 rings (SSSR count). The summed E-state index contributed by atoms with van der Waals surface area (Å²) in [5, 5.41) is 7.11. The lowest BCUT2D eigenvalue weighted by molar-refractivity contribution is 0.0425. The van der Waals surface area contributed by atoms with Gasteiger partial charge >= 0.3 is 0 Å². The van der Waals surface area contributed by atoms with E-state index in [-0.39, 0.29) is 12.0 Å². The summed E-state index contributed by atoms with van der Waals surface area (Å²) in [6, 6.07) is 2.68. The zero-order valence-electron chi connectivity index (χ0n) is 16.7. The number of nitrogens with zero attached hydrogens (tertiary/aromatic N) is 3. The van der Waals surface area contributed by atoms with Crippen molar-refractivity contribution in [1.29, 1.82) is 0 Å². The summed E-state index contributed by atoms with van der Waals surface area (Å²) >= 11 is 0. The van der Waals surface area contributed by atoms with Crippen molar-refractivity contribution in [2.75, 3.05) is 32.8 Å². The SMILES string of the molecule is Cc1cc(C(=O)N(CC2CCN(C3CCCC3)CC2)C[C@H]2CCCO2)n[nH]1. The largest absolute Gasteiger partial charge is 0.376 e. The smallest absolute Gasteiger partial charge is 0.274 e. The van der Waals surface area contributed by atoms with E-state index in [1.54, 1.807) is 0 Å². The molecule has 6 heteroatoms. The van der Waals surface area contributed by atoms with Crippen LogP contribution >= 0.6 is 0 Å². The topological polar surface area (TPSA) is 61.5 Å². The minimum atomic E-state index is 0.0491. The quantitative estimate of drug-likeness (QED) is 0.831. The molecular weight excluding hydrogens is 340 g/mol. The van der Waals surface area contributed by atoms with Crippen LogP contribution in [-0.4, -0.2) is 70.8 Å². The molecular formula is C21H34N4O2. The van der Waals surface area contributed by atoms with Gasteiger partial charge in [-0.25, -0.2) is 0 Å². The number of likely N-dealkylation sites (tertiary alicyclic amines) is 1. The van der Waals surface area contributed by atoms with Gasteiger partial charge in [0, 0.05) is 31.4 Å². The first-order chi connectivity index (χ1) is 13.2. The predicted molar refractivity (Wildman–Crippen MR) is 105 cm³/mol. The number of piperidine rings is 1. The van der Waals surface area contributed by atoms with Crippen molar-refractivity contribution in [3.8, 4) is 0 Å². The number of aryl methyl sites for hydroxylation is 1. The molecule has 3 heterocycles. The minimum Gasteiger partial charge on any atom is -0.376 e. The van der Waals surface area contributed by atoms with Gasteiger partial charge in [-0.1, -0.05) is 12.8 Å². The number of carbonyl (C=O) groups is 1. The van der Waals surface area contributed by atoms with Crippen LogP contribution in [0.1, 0.15) is 67.5 Å². The van der Waals surface area contributed by atoms with Gasteiger partial charge in [0.2, 0.25) is 0 Å². The van der Waals surface area contributed by atoms with Gasteiger partial charge in [-0.2, -0.15) is 5.10 Å². The number of aromatic amines is 1. The molecule has 0 aromatic carbocycles. The second-order valence-electron chi connectivity index (χ2n) is 8.70. The molecule has 1 aromatic heterocycles. The summed E-state index contributed by atoms with van der Waals surface area (Å²) < 4.78 is 5.82. The van der Waals surface area contributed by atoms with Crippen LogP contribution < -0.4 is 0 Å². The van der Waals surface area contributed by atoms with Crippen molar-refractivity contribution in [3.63, 3.8) is 0 Å². The monoisotopic (exact) mass is 374 g/mol. The highest BCUT2D eigenvalue weighted by Gasteiger charge is 2.31. The molecule has 1 aliphatic carbocycles. The molecule has 6 nitrogen and oxygen atoms in total. The number of aromatic nitrogens is 2. The third-order valence-electron chi connectivity index (χ3n) is 6.63. The van der Waals surface area contributed by atoms with Crippen molar-refractivity contribution in [2.45, 2.75) is 70.4 Å². The maximum absolute atomic E-state index is 13.1. The van der Waals surface area contributed by atoms with Crippen LogP contribution in [0.4, 0.5) is 0 Å². The van der Waals surface area contributed by atoms with Crippen molar-refractivity contribution in [1.82, 2.24) is 20.0 Å². The number of rotatable bonds is 6. The first-order valence-corrected chi connectivity index (χ1v) is 10.9. The van der Waals surface area contributed by atoms with Gasteiger partial charge in [0.25, 0.3) is 5.91 Å². The lowest BCUT2D eigenvalue weighted by Gasteiger charge is -2.38. The highest BCUT2D eigenvalue weighted by molar-refractivity contribution is 5.92. The van der Waals surface area contributed by atoms with Crippen molar-refractivity contribution < 1.29 is 9.53 Å². The van der Waals surface area contributed by atoms with Gasteiger partial charge in [0.1, 0.15) is 5.69 Å². The summed E-state index contributed by atoms with van der Waals surface area (Å²) in [6.07, 6.45) is 10.3. The van der Waals surface area contributed by atoms with Crippen LogP contribution in [0.3, 0.4) is 0 Å². The van der Waals surface area contributed by atoms with Gasteiger partial charge in [0.15, 0.2) is 0 Å². The van der Waals surface area contributed by atoms with Crippen LogP contribution in [-0.2, 0) is 4.74 Å². The third-order valence-corrected chi connectivity index (χ3v) is 6.63. The van der Waals surface area contributed by atoms with E-state index in [2.05, 4.69) is 15.1 Å². The molecule has 3 aliphatic rings. The van der Waals surface area contributed by atoms with E-state index < -0.39 is 0 Å². The Morgan fingerprint density at radius 2 is 1.96 bits per heavy atom. The molecule has 150 valence electrons. The highest BCUT2D eigenvalue weighted by atomic mass is 16.5. The Bertz CT molecular complexity index is 611. The van der Waals surface area contributed by atoms with E-state index in [0.717, 1.165) is 37.7 Å². The molecule has 1 amide bonds. The maximum atomic E-state index is 13.1. The Kier molecular flexibility index (Phi) is 6.13. The summed E-state index contributed by atoms with van der Waals surface area (Å²) in [5.41, 5.74) is 1.47. The molecule has 0 spiro atoms. The molecule has 2 aliphatic heterocycles. The molecule has 0 radical (unpaired) electrons. The lowest BCUT2D eigenvalue weighted by atomic mass is 9.94. The molecule has 0 bridgehead atoms. The van der Waals surface area contributed by atoms with Crippen LogP contribution in [0, 0.1) is 12.8 Å². The van der Waals surface area contributed by atoms with Gasteiger partial charge < -0.3 is 14.5 Å². The van der Waals surface area contributed by atoms with E-state index >= 15 is 0 Å². The number of amides is 1. The van der Waals surface area contributed by atoms with E-state index in [0.29, 0.717) is 18.2 Å². The Hall–Kier alpha value is -1.40. The van der Waals surface area contributed by atoms with Crippen molar-refractivity contribution in [3.05, 3.63) is 17.5 Å². The predicted octanol–water partition coefficient (Wildman–Crippen LogP) is 2.99. The standard InChI is InChI=1S/C21H34N4O2/c1-16-13-20(23-22-16)21(26)25(15-19-7-4-12-27-19)14-17-8-10-24(11-9-17)18-5-2-3-6-18/h13,17-19H,2-12,14-15H2,1H3,(H,22,23)/t19-/m1/s1. The zero-order valence-corrected chi connectivity index (χ0v) is 16.7. The minimum absolute atomic E-state index is 0.0491. The van der Waals surface area contributed by atoms with Crippen LogP contribution in [0.2, 0.25) is 0 Å². The number of ether oxygens (including phenoxy) is 1. The first-order valence-electron chi connectivity index (χ1n) is 10.9. The number of nitrogens with one attached hydrogen (secondary N) is 1. The second kappa shape index (κ2) is 8.74. The Morgan fingerprint density at radius 1 is 1.19 bits per heavy atom. The van der Waals surface area contributed by atoms with Gasteiger partial charge in [-0.3, -0.25) is 9.89 Å². The zero-order chi connectivity index (χ0) is 18.6. The molecule has 1 aromatic rings. The Labute approximate surface area is 162 Å². The summed E-state index contributed by atoms with van der Waals surface area (Å²) in [7, 11) is 0. The normalized spacial score (nSPS) is 25.3. The summed E-state index contributed by atoms with van der Waals surface area (Å²) in [6.45, 7) is 6.69. The number of hydrogen-bond acceptors (Lipinski definition) is 4. The van der Waals surface area contributed by atoms with Crippen molar-refractivity contribution in [2.24, 2.45) is 5.92 Å². The third kappa shape index (κ3) is 4.72. The number of carbonyl (C=O) groups excluding carboxylic acids is 1. The fourth-order valence-electron chi connectivity index (χ4n) is 5.05. The molecule has 3 fully saturated rings. The summed E-state index contributed by atoms with van der Waals surface area (Å²) in [4.78, 5) is 17.8. The molecule has 1 N–H and O–H groups in total. The number of hydrogen-bond donors (Lipinski definition) is 1. The molecule has 1 saturated carbocycles. The molecule has 0 unspecified atom stereocenters. The Morgan fingerprint density at radius 3 is 2.59 bits per heavy atom. The van der Waals surface area contributed by atoms with E-state index in [9.17, 15) is 4.79 Å². The maximum Gasteiger partial charge on any atom is 0.274 e. The van der Waals surface area contributed by atoms with Gasteiger partial charge in [-0.15, -0.1) is 0 Å². The Balaban J connectivity index is 1.36. The van der Waals surface area contributed by atoms with Crippen LogP contribution in [0.25, 0.3) is 0 Å². The highest BCUT2D eigenvalue weighted by Crippen LogP contribution is 2.28. The lowest BCUT2D eigenvalue weighted by Crippen LogP contribution is -2.45. The van der Waals surface area contributed by atoms with E-state index in [4.69, 9.17) is 4.74 Å². The second-order valence-corrected chi connectivity index (χ2v) is 8.70. The van der Waals surface area contributed by atoms with E-state index in [1.165, 1.54) is 51.6 Å². The average Bonchev–Trinajstić information content (AvgIpc) is 3.44. The average molecular weight is 375 g/mol. The molecule has 1 atom stereocenters. The van der Waals surface area contributed by atoms with Gasteiger partial charge in [0.05, 0.1) is 6.10 Å². The fourth-order valence-corrected chi connectivity index (χ4v) is 5.05. The van der Waals surface area contributed by atoms with Gasteiger partial charge in [-0.05, 0) is 70.5 Å². The summed E-state index contributed by atoms with van der Waals surface area (Å²) in [5.74, 6) is 0.640. The van der Waals surface area contributed by atoms with Crippen LogP contribution in [0.5, 0.6) is 0 Å². The molecule has 27 heavy (non-hydrogen) atoms. The first kappa shape index (κ1) is 18.9. The molecule has 2 saturated heterocycles. The number of H-pyrrole nitrogens is 1.